The predicted molar refractivity (Wildman–Crippen MR) is 57.9 cm³/mol. The van der Waals surface area contributed by atoms with Gasteiger partial charge in [0, 0.05) is 23.5 Å². The third-order valence-corrected chi connectivity index (χ3v) is 4.54. The van der Waals surface area contributed by atoms with Crippen LogP contribution in [0.5, 0.6) is 0 Å². The van der Waals surface area contributed by atoms with Crippen molar-refractivity contribution in [2.75, 3.05) is 0 Å². The van der Waals surface area contributed by atoms with Crippen LogP contribution >= 0.6 is 0 Å². The Kier molecular flexibility index (Phi) is 1.48. The third kappa shape index (κ3) is 0.952. The molecule has 4 atom stereocenters. The Labute approximate surface area is 86.1 Å². The van der Waals surface area contributed by atoms with Gasteiger partial charge in [-0.3, -0.25) is 0 Å². The van der Waals surface area contributed by atoms with Gasteiger partial charge in [-0.1, -0.05) is 19.9 Å². The van der Waals surface area contributed by atoms with Crippen LogP contribution in [0.15, 0.2) is 12.3 Å². The zero-order valence-corrected chi connectivity index (χ0v) is 9.30. The molecule has 3 rings (SSSR count). The molecule has 1 unspecified atom stereocenters. The minimum absolute atomic E-state index is 0.330. The van der Waals surface area contributed by atoms with E-state index in [0.29, 0.717) is 29.0 Å². The SMILES string of the molecule is CC1(C)C[C@]2(C)NC1C[C@@H]1NC=C[C@@H]12. The lowest BCUT2D eigenvalue weighted by Gasteiger charge is -2.41. The van der Waals surface area contributed by atoms with Crippen molar-refractivity contribution < 1.29 is 0 Å². The average molecular weight is 192 g/mol. The Morgan fingerprint density at radius 2 is 2.07 bits per heavy atom. The van der Waals surface area contributed by atoms with Gasteiger partial charge in [0.05, 0.1) is 0 Å². The van der Waals surface area contributed by atoms with Crippen molar-refractivity contribution in [2.45, 2.75) is 51.2 Å². The molecule has 0 aromatic rings. The Hall–Kier alpha value is -0.500. The van der Waals surface area contributed by atoms with Crippen molar-refractivity contribution in [1.29, 1.82) is 0 Å². The number of nitrogens with one attached hydrogen (secondary N) is 2. The molecular weight excluding hydrogens is 172 g/mol. The minimum Gasteiger partial charge on any atom is -0.388 e. The van der Waals surface area contributed by atoms with E-state index in [2.05, 4.69) is 43.7 Å². The fourth-order valence-electron chi connectivity index (χ4n) is 3.95. The van der Waals surface area contributed by atoms with Crippen molar-refractivity contribution in [2.24, 2.45) is 11.3 Å². The highest BCUT2D eigenvalue weighted by Gasteiger charge is 2.56. The highest BCUT2D eigenvalue weighted by atomic mass is 15.1. The molecule has 0 aromatic heterocycles. The van der Waals surface area contributed by atoms with Crippen molar-refractivity contribution in [1.82, 2.24) is 10.6 Å². The summed E-state index contributed by atoms with van der Waals surface area (Å²) in [5, 5.41) is 7.34. The molecule has 0 amide bonds. The molecule has 2 bridgehead atoms. The van der Waals surface area contributed by atoms with Crippen molar-refractivity contribution in [3.8, 4) is 0 Å². The summed E-state index contributed by atoms with van der Waals surface area (Å²) in [6.07, 6.45) is 7.09. The summed E-state index contributed by atoms with van der Waals surface area (Å²) in [7, 11) is 0. The second-order valence-corrected chi connectivity index (χ2v) is 6.17. The van der Waals surface area contributed by atoms with Crippen LogP contribution in [0.4, 0.5) is 0 Å². The van der Waals surface area contributed by atoms with Gasteiger partial charge in [-0.05, 0) is 31.4 Å². The van der Waals surface area contributed by atoms with Crippen molar-refractivity contribution >= 4 is 0 Å². The summed E-state index contributed by atoms with van der Waals surface area (Å²) in [6, 6.07) is 1.38. The van der Waals surface area contributed by atoms with E-state index in [-0.39, 0.29) is 0 Å². The Morgan fingerprint density at radius 3 is 2.86 bits per heavy atom. The molecule has 3 heterocycles. The predicted octanol–water partition coefficient (Wildman–Crippen LogP) is 1.64. The highest BCUT2D eigenvalue weighted by Crippen LogP contribution is 2.50. The van der Waals surface area contributed by atoms with Crippen LogP contribution in [0, 0.1) is 11.3 Å². The molecule has 0 aliphatic carbocycles. The number of hydrogen-bond acceptors (Lipinski definition) is 2. The molecule has 2 heteroatoms. The standard InChI is InChI=1S/C12H20N2/c1-11(2)7-12(3)8-4-5-13-9(8)6-10(11)14-12/h4-5,8-10,13-14H,6-7H2,1-3H3/t8-,9-,10?,12-/m0/s1. The number of fused-ring (bicyclic) bond motifs is 4. The first kappa shape index (κ1) is 8.78. The van der Waals surface area contributed by atoms with Crippen molar-refractivity contribution in [3.63, 3.8) is 0 Å². The van der Waals surface area contributed by atoms with E-state index in [1.165, 1.54) is 12.8 Å². The van der Waals surface area contributed by atoms with Crippen LogP contribution in [0.25, 0.3) is 0 Å². The Balaban J connectivity index is 1.99. The maximum absolute atomic E-state index is 3.84. The van der Waals surface area contributed by atoms with E-state index in [1.54, 1.807) is 0 Å². The molecule has 2 N–H and O–H groups in total. The van der Waals surface area contributed by atoms with E-state index < -0.39 is 0 Å². The molecule has 2 nitrogen and oxygen atoms in total. The third-order valence-electron chi connectivity index (χ3n) is 4.54. The van der Waals surface area contributed by atoms with E-state index in [1.807, 2.05) is 0 Å². The summed E-state index contributed by atoms with van der Waals surface area (Å²) in [4.78, 5) is 0. The molecule has 0 spiro atoms. The van der Waals surface area contributed by atoms with E-state index in [4.69, 9.17) is 0 Å². The van der Waals surface area contributed by atoms with Crippen LogP contribution in [0.3, 0.4) is 0 Å². The zero-order chi connectivity index (χ0) is 9.97. The maximum Gasteiger partial charge on any atom is 0.0351 e. The Bertz CT molecular complexity index is 295. The number of hydrogen-bond donors (Lipinski definition) is 2. The van der Waals surface area contributed by atoms with E-state index >= 15 is 0 Å². The van der Waals surface area contributed by atoms with Gasteiger partial charge in [-0.15, -0.1) is 0 Å². The first-order valence-electron chi connectivity index (χ1n) is 5.72. The molecule has 2 fully saturated rings. The van der Waals surface area contributed by atoms with Gasteiger partial charge in [0.15, 0.2) is 0 Å². The summed E-state index contributed by atoms with van der Waals surface area (Å²) in [6.45, 7) is 7.20. The fraction of sp³-hybridized carbons (Fsp3) is 0.833. The number of rotatable bonds is 0. The van der Waals surface area contributed by atoms with Gasteiger partial charge < -0.3 is 10.6 Å². The van der Waals surface area contributed by atoms with Gasteiger partial charge in [0.2, 0.25) is 0 Å². The van der Waals surface area contributed by atoms with E-state index in [9.17, 15) is 0 Å². The molecule has 3 aliphatic heterocycles. The topological polar surface area (TPSA) is 24.1 Å². The van der Waals surface area contributed by atoms with Crippen LogP contribution in [-0.2, 0) is 0 Å². The molecule has 0 radical (unpaired) electrons. The van der Waals surface area contributed by atoms with Gasteiger partial charge in [-0.2, -0.15) is 0 Å². The smallest absolute Gasteiger partial charge is 0.0351 e. The highest BCUT2D eigenvalue weighted by molar-refractivity contribution is 5.22. The summed E-state index contributed by atoms with van der Waals surface area (Å²) in [5.41, 5.74) is 0.797. The zero-order valence-electron chi connectivity index (χ0n) is 9.30. The Morgan fingerprint density at radius 1 is 1.29 bits per heavy atom. The minimum atomic E-state index is 0.330. The van der Waals surface area contributed by atoms with Gasteiger partial charge >= 0.3 is 0 Å². The largest absolute Gasteiger partial charge is 0.388 e. The molecule has 3 aliphatic rings. The van der Waals surface area contributed by atoms with Crippen LogP contribution < -0.4 is 10.6 Å². The number of piperidine rings is 1. The quantitative estimate of drug-likeness (QED) is 0.609. The van der Waals surface area contributed by atoms with Crippen LogP contribution in [-0.4, -0.2) is 17.6 Å². The van der Waals surface area contributed by atoms with Gasteiger partial charge in [0.25, 0.3) is 0 Å². The lowest BCUT2D eigenvalue weighted by molar-refractivity contribution is 0.198. The first-order valence-corrected chi connectivity index (χ1v) is 5.72. The summed E-state index contributed by atoms with van der Waals surface area (Å²) < 4.78 is 0. The normalized spacial score (nSPS) is 52.9. The van der Waals surface area contributed by atoms with Crippen LogP contribution in [0.1, 0.15) is 33.6 Å². The van der Waals surface area contributed by atoms with Gasteiger partial charge in [0.1, 0.15) is 0 Å². The summed E-state index contributed by atoms with van der Waals surface area (Å²) in [5.74, 6) is 0.695. The average Bonchev–Trinajstić information content (AvgIpc) is 2.56. The molecule has 14 heavy (non-hydrogen) atoms. The monoisotopic (exact) mass is 192 g/mol. The van der Waals surface area contributed by atoms with Crippen LogP contribution in [0.2, 0.25) is 0 Å². The first-order chi connectivity index (χ1) is 6.51. The second kappa shape index (κ2) is 2.35. The molecular formula is C12H20N2. The lowest BCUT2D eigenvalue weighted by Crippen LogP contribution is -2.57. The second-order valence-electron chi connectivity index (χ2n) is 6.17. The maximum atomic E-state index is 3.84. The molecule has 2 saturated heterocycles. The lowest BCUT2D eigenvalue weighted by atomic mass is 9.78. The molecule has 0 aromatic carbocycles. The van der Waals surface area contributed by atoms with E-state index in [0.717, 1.165) is 0 Å². The van der Waals surface area contributed by atoms with Crippen molar-refractivity contribution in [3.05, 3.63) is 12.3 Å². The summed E-state index contributed by atoms with van der Waals surface area (Å²) >= 11 is 0. The molecule has 78 valence electrons. The molecule has 0 saturated carbocycles. The fourth-order valence-corrected chi connectivity index (χ4v) is 3.95. The van der Waals surface area contributed by atoms with Gasteiger partial charge in [-0.25, -0.2) is 0 Å².